The number of carbonyl (C=O) groups is 1. The second-order valence-corrected chi connectivity index (χ2v) is 4.49. The average Bonchev–Trinajstić information content (AvgIpc) is 2.92. The van der Waals surface area contributed by atoms with Crippen LogP contribution in [0.15, 0.2) is 30.9 Å². The second kappa shape index (κ2) is 6.70. The van der Waals surface area contributed by atoms with Gasteiger partial charge in [-0.1, -0.05) is 0 Å². The predicted octanol–water partition coefficient (Wildman–Crippen LogP) is 2.01. The molecule has 0 atom stereocenters. The molecule has 20 heavy (non-hydrogen) atoms. The molecule has 106 valence electrons. The third kappa shape index (κ3) is 3.81. The quantitative estimate of drug-likeness (QED) is 0.875. The van der Waals surface area contributed by atoms with E-state index in [1.54, 1.807) is 18.1 Å². The molecule has 1 heterocycles. The molecule has 0 saturated carbocycles. The first-order valence-corrected chi connectivity index (χ1v) is 6.46. The zero-order valence-corrected chi connectivity index (χ0v) is 11.7. The molecule has 0 bridgehead atoms. The largest absolute Gasteiger partial charge is 0.496 e. The van der Waals surface area contributed by atoms with Crippen molar-refractivity contribution in [3.05, 3.63) is 36.4 Å². The number of rotatable bonds is 6. The summed E-state index contributed by atoms with van der Waals surface area (Å²) in [5.41, 5.74) is 1.78. The summed E-state index contributed by atoms with van der Waals surface area (Å²) in [6.07, 6.45) is 4.31. The summed E-state index contributed by atoms with van der Waals surface area (Å²) >= 11 is 0. The topological polar surface area (TPSA) is 69.0 Å². The van der Waals surface area contributed by atoms with Crippen LogP contribution < -0.4 is 10.1 Å². The highest BCUT2D eigenvalue weighted by Gasteiger charge is 2.05. The minimum atomic E-state index is -0.00492. The molecule has 1 amide bonds. The second-order valence-electron chi connectivity index (χ2n) is 4.49. The third-order valence-corrected chi connectivity index (χ3v) is 2.94. The average molecular weight is 274 g/mol. The van der Waals surface area contributed by atoms with Gasteiger partial charge in [0.2, 0.25) is 5.91 Å². The van der Waals surface area contributed by atoms with Crippen LogP contribution in [0.4, 0.5) is 5.69 Å². The fourth-order valence-corrected chi connectivity index (χ4v) is 1.93. The van der Waals surface area contributed by atoms with E-state index < -0.39 is 0 Å². The van der Waals surface area contributed by atoms with Crippen LogP contribution >= 0.6 is 0 Å². The van der Waals surface area contributed by atoms with Gasteiger partial charge in [-0.05, 0) is 37.1 Å². The van der Waals surface area contributed by atoms with Crippen molar-refractivity contribution in [3.63, 3.8) is 0 Å². The van der Waals surface area contributed by atoms with Crippen molar-refractivity contribution < 1.29 is 9.53 Å². The summed E-state index contributed by atoms with van der Waals surface area (Å²) in [5, 5.41) is 6.86. The molecule has 0 fully saturated rings. The SMILES string of the molecule is COc1ccc(NC(=O)CCCn2cncn2)cc1C. The zero-order chi connectivity index (χ0) is 14.4. The van der Waals surface area contributed by atoms with Crippen LogP contribution in [0.25, 0.3) is 0 Å². The number of aryl methyl sites for hydroxylation is 2. The molecule has 6 heteroatoms. The molecular formula is C14H18N4O2. The van der Waals surface area contributed by atoms with E-state index >= 15 is 0 Å². The van der Waals surface area contributed by atoms with Crippen molar-refractivity contribution in [2.75, 3.05) is 12.4 Å². The number of carbonyl (C=O) groups excluding carboxylic acids is 1. The summed E-state index contributed by atoms with van der Waals surface area (Å²) in [7, 11) is 1.63. The Balaban J connectivity index is 1.80. The lowest BCUT2D eigenvalue weighted by atomic mass is 10.2. The summed E-state index contributed by atoms with van der Waals surface area (Å²) in [5.74, 6) is 0.809. The highest BCUT2D eigenvalue weighted by atomic mass is 16.5. The molecule has 0 aliphatic heterocycles. The van der Waals surface area contributed by atoms with Gasteiger partial charge >= 0.3 is 0 Å². The molecule has 1 aromatic carbocycles. The number of amides is 1. The van der Waals surface area contributed by atoms with Gasteiger partial charge in [-0.3, -0.25) is 9.48 Å². The Labute approximate surface area is 117 Å². The normalized spacial score (nSPS) is 10.3. The number of ether oxygens (including phenoxy) is 1. The van der Waals surface area contributed by atoms with Gasteiger partial charge in [-0.2, -0.15) is 5.10 Å². The van der Waals surface area contributed by atoms with E-state index in [-0.39, 0.29) is 5.91 Å². The molecule has 0 unspecified atom stereocenters. The molecule has 1 aromatic heterocycles. The van der Waals surface area contributed by atoms with Crippen LogP contribution in [0.3, 0.4) is 0 Å². The fourth-order valence-electron chi connectivity index (χ4n) is 1.93. The molecule has 6 nitrogen and oxygen atoms in total. The first kappa shape index (κ1) is 14.0. The monoisotopic (exact) mass is 274 g/mol. The molecule has 2 aromatic rings. The van der Waals surface area contributed by atoms with Crippen LogP contribution in [-0.2, 0) is 11.3 Å². The number of benzene rings is 1. The van der Waals surface area contributed by atoms with Gasteiger partial charge < -0.3 is 10.1 Å². The number of hydrogen-bond acceptors (Lipinski definition) is 4. The molecule has 0 aliphatic carbocycles. The minimum absolute atomic E-state index is 0.00492. The van der Waals surface area contributed by atoms with Crippen molar-refractivity contribution in [1.82, 2.24) is 14.8 Å². The van der Waals surface area contributed by atoms with Crippen molar-refractivity contribution in [2.45, 2.75) is 26.3 Å². The number of nitrogens with one attached hydrogen (secondary N) is 1. The van der Waals surface area contributed by atoms with E-state index in [2.05, 4.69) is 15.4 Å². The number of anilines is 1. The molecule has 0 saturated heterocycles. The van der Waals surface area contributed by atoms with Gasteiger partial charge in [0.1, 0.15) is 18.4 Å². The Bertz CT molecular complexity index is 567. The van der Waals surface area contributed by atoms with Gasteiger partial charge in [0, 0.05) is 18.7 Å². The number of nitrogens with zero attached hydrogens (tertiary/aromatic N) is 3. The lowest BCUT2D eigenvalue weighted by molar-refractivity contribution is -0.116. The molecule has 0 aliphatic rings. The summed E-state index contributed by atoms with van der Waals surface area (Å²) in [6.45, 7) is 2.63. The van der Waals surface area contributed by atoms with Crippen molar-refractivity contribution in [3.8, 4) is 5.75 Å². The lowest BCUT2D eigenvalue weighted by Gasteiger charge is -2.09. The Morgan fingerprint density at radius 2 is 2.30 bits per heavy atom. The first-order valence-electron chi connectivity index (χ1n) is 6.46. The summed E-state index contributed by atoms with van der Waals surface area (Å²) < 4.78 is 6.90. The van der Waals surface area contributed by atoms with Crippen molar-refractivity contribution in [1.29, 1.82) is 0 Å². The fraction of sp³-hybridized carbons (Fsp3) is 0.357. The standard InChI is InChI=1S/C14H18N4O2/c1-11-8-12(5-6-13(11)20-2)17-14(19)4-3-7-18-10-15-9-16-18/h5-6,8-10H,3-4,7H2,1-2H3,(H,17,19). The lowest BCUT2D eigenvalue weighted by Crippen LogP contribution is -2.12. The Morgan fingerprint density at radius 1 is 1.45 bits per heavy atom. The Morgan fingerprint density at radius 3 is 2.95 bits per heavy atom. The van der Waals surface area contributed by atoms with Crippen molar-refractivity contribution in [2.24, 2.45) is 0 Å². The van der Waals surface area contributed by atoms with Crippen LogP contribution in [-0.4, -0.2) is 27.8 Å². The van der Waals surface area contributed by atoms with E-state index in [0.717, 1.165) is 23.4 Å². The molecule has 0 radical (unpaired) electrons. The smallest absolute Gasteiger partial charge is 0.224 e. The van der Waals surface area contributed by atoms with E-state index in [9.17, 15) is 4.79 Å². The van der Waals surface area contributed by atoms with E-state index in [1.807, 2.05) is 25.1 Å². The third-order valence-electron chi connectivity index (χ3n) is 2.94. The highest BCUT2D eigenvalue weighted by molar-refractivity contribution is 5.90. The Hall–Kier alpha value is -2.37. The van der Waals surface area contributed by atoms with E-state index in [4.69, 9.17) is 4.74 Å². The molecule has 2 rings (SSSR count). The minimum Gasteiger partial charge on any atom is -0.496 e. The van der Waals surface area contributed by atoms with Crippen molar-refractivity contribution >= 4 is 11.6 Å². The predicted molar refractivity (Wildman–Crippen MR) is 75.6 cm³/mol. The molecular weight excluding hydrogens is 256 g/mol. The number of hydrogen-bond donors (Lipinski definition) is 1. The van der Waals surface area contributed by atoms with Gasteiger partial charge in [0.25, 0.3) is 0 Å². The maximum atomic E-state index is 11.8. The van der Waals surface area contributed by atoms with Gasteiger partial charge in [0.05, 0.1) is 7.11 Å². The molecule has 0 spiro atoms. The Kier molecular flexibility index (Phi) is 4.70. The maximum Gasteiger partial charge on any atom is 0.224 e. The van der Waals surface area contributed by atoms with Crippen LogP contribution in [0.2, 0.25) is 0 Å². The van der Waals surface area contributed by atoms with Gasteiger partial charge in [-0.15, -0.1) is 0 Å². The number of aromatic nitrogens is 3. The van der Waals surface area contributed by atoms with Crippen LogP contribution in [0.5, 0.6) is 5.75 Å². The molecule has 1 N–H and O–H groups in total. The first-order chi connectivity index (χ1) is 9.69. The summed E-state index contributed by atoms with van der Waals surface area (Å²) in [4.78, 5) is 15.7. The van der Waals surface area contributed by atoms with E-state index in [0.29, 0.717) is 13.0 Å². The maximum absolute atomic E-state index is 11.8. The summed E-state index contributed by atoms with van der Waals surface area (Å²) in [6, 6.07) is 5.58. The van der Waals surface area contributed by atoms with Crippen LogP contribution in [0, 0.1) is 6.92 Å². The van der Waals surface area contributed by atoms with Gasteiger partial charge in [0.15, 0.2) is 0 Å². The highest BCUT2D eigenvalue weighted by Crippen LogP contribution is 2.21. The van der Waals surface area contributed by atoms with Crippen LogP contribution in [0.1, 0.15) is 18.4 Å². The van der Waals surface area contributed by atoms with E-state index in [1.165, 1.54) is 6.33 Å². The number of methoxy groups -OCH3 is 1. The zero-order valence-electron chi connectivity index (χ0n) is 11.7. The van der Waals surface area contributed by atoms with Gasteiger partial charge in [-0.25, -0.2) is 4.98 Å².